The molecule has 1 saturated heterocycles. The third kappa shape index (κ3) is 13.2. The number of carbonyl (C=O) groups excluding carboxylic acids is 3. The summed E-state index contributed by atoms with van der Waals surface area (Å²) in [5.41, 5.74) is 5.53. The largest absolute Gasteiger partial charge is 0.377 e. The van der Waals surface area contributed by atoms with Crippen molar-refractivity contribution < 1.29 is 23.9 Å². The first-order chi connectivity index (χ1) is 33.2. The number of unbranched alkanes of at least 4 members (excludes halogenated alkanes) is 5. The summed E-state index contributed by atoms with van der Waals surface area (Å²) >= 11 is 0. The fourth-order valence-corrected chi connectivity index (χ4v) is 9.13. The molecule has 1 unspecified atom stereocenters. The van der Waals surface area contributed by atoms with Crippen LogP contribution in [0.25, 0.3) is 33.3 Å². The lowest BCUT2D eigenvalue weighted by molar-refractivity contribution is -0.143. The molecule has 16 heteroatoms. The summed E-state index contributed by atoms with van der Waals surface area (Å²) in [5, 5.41) is 33.8. The van der Waals surface area contributed by atoms with E-state index in [0.717, 1.165) is 89.5 Å². The molecule has 0 spiro atoms. The highest BCUT2D eigenvalue weighted by atomic mass is 19.1. The minimum Gasteiger partial charge on any atom is -0.377 e. The van der Waals surface area contributed by atoms with Gasteiger partial charge >= 0.3 is 0 Å². The summed E-state index contributed by atoms with van der Waals surface area (Å²) in [6.45, 7) is 11.4. The lowest BCUT2D eigenvalue weighted by Gasteiger charge is -2.38. The van der Waals surface area contributed by atoms with Gasteiger partial charge in [0, 0.05) is 77.5 Å². The number of aromatic amines is 1. The number of hydrogen-bond acceptors (Lipinski definition) is 10. The Bertz CT molecular complexity index is 2620. The quantitative estimate of drug-likeness (QED) is 0.0276. The van der Waals surface area contributed by atoms with Gasteiger partial charge in [0.05, 0.1) is 31.0 Å². The van der Waals surface area contributed by atoms with E-state index in [4.69, 9.17) is 0 Å². The maximum Gasteiger partial charge on any atom is 0.246 e. The van der Waals surface area contributed by atoms with E-state index in [-0.39, 0.29) is 41.7 Å². The van der Waals surface area contributed by atoms with Crippen LogP contribution in [0.3, 0.4) is 0 Å². The topological polar surface area (TPSA) is 187 Å². The number of amides is 2. The average Bonchev–Trinajstić information content (AvgIpc) is 4.18. The number of H-pyrrole nitrogens is 1. The van der Waals surface area contributed by atoms with Crippen molar-refractivity contribution in [3.05, 3.63) is 115 Å². The first-order valence-corrected chi connectivity index (χ1v) is 24.6. The molecule has 0 saturated carbocycles. The molecule has 6 atom stereocenters. The standard InChI is InChI=1S/C53H70FN11O4/c1-7-45(37-19-13-12-14-20-37)61-51(68)46-26-42(34-64(46)52(69)48(53(3,4)5)62-50(67)35(2)55-6)56-23-16-11-9-8-10-15-22-47(66)65-33-39(28-60-65)38-25-43-44(30-58-49(43)57-27-38)40-29-59-63(32-40)31-36-18-17-21-41(54)24-36/h12-14,17-21,24-25,27-30,32-33,35,42,45-46,48,50,55-56,62,67H,7-11,15-16,22-23,26,31,34H2,1-6H3,(H,57,58)(H,61,68)/t35-,42-,45+,46-,48+,50?/m0/s1. The SMILES string of the molecule is CC[C@@H](NC(=O)[C@@H]1C[C@H](NCCCCCCCCC(=O)n2cc(-c3cnc4[nH]cc(-c5cnn(Cc6cccc(F)c6)c5)c4c3)cn2)CN1C(=O)[C@@H](NC(O)[C@H](C)NC)C(C)(C)C)c1ccccc1. The van der Waals surface area contributed by atoms with Gasteiger partial charge in [-0.05, 0) is 80.9 Å². The molecule has 368 valence electrons. The summed E-state index contributed by atoms with van der Waals surface area (Å²) in [6, 6.07) is 16.5. The fourth-order valence-electron chi connectivity index (χ4n) is 9.13. The first-order valence-electron chi connectivity index (χ1n) is 24.6. The number of likely N-dealkylation sites (tertiary alicyclic amines) is 1. The molecule has 7 rings (SSSR count). The monoisotopic (exact) mass is 944 g/mol. The van der Waals surface area contributed by atoms with Crippen LogP contribution in [0.4, 0.5) is 4.39 Å². The number of aromatic nitrogens is 6. The number of fused-ring (bicyclic) bond motifs is 1. The number of pyridine rings is 1. The minimum absolute atomic E-state index is 0.0535. The number of benzene rings is 2. The molecule has 4 aromatic heterocycles. The van der Waals surface area contributed by atoms with Crippen LogP contribution in [-0.2, 0) is 16.1 Å². The van der Waals surface area contributed by atoms with Crippen LogP contribution in [-0.4, -0.2) is 108 Å². The summed E-state index contributed by atoms with van der Waals surface area (Å²) in [7, 11) is 1.76. The van der Waals surface area contributed by atoms with Crippen LogP contribution >= 0.6 is 0 Å². The van der Waals surface area contributed by atoms with Crippen molar-refractivity contribution in [2.45, 2.75) is 135 Å². The highest BCUT2D eigenvalue weighted by Gasteiger charge is 2.45. The summed E-state index contributed by atoms with van der Waals surface area (Å²) in [5.74, 6) is -0.699. The number of hydrogen-bond donors (Lipinski definition) is 6. The highest BCUT2D eigenvalue weighted by molar-refractivity contribution is 5.95. The minimum atomic E-state index is -0.960. The van der Waals surface area contributed by atoms with Crippen molar-refractivity contribution in [2.75, 3.05) is 20.1 Å². The maximum atomic E-state index is 14.4. The zero-order valence-corrected chi connectivity index (χ0v) is 40.9. The Labute approximate surface area is 405 Å². The summed E-state index contributed by atoms with van der Waals surface area (Å²) in [4.78, 5) is 51.2. The molecular formula is C53H70FN11O4. The first kappa shape index (κ1) is 50.8. The van der Waals surface area contributed by atoms with E-state index in [9.17, 15) is 23.9 Å². The molecular weight excluding hydrogens is 874 g/mol. The fraction of sp³-hybridized carbons (Fsp3) is 0.472. The molecule has 1 aliphatic rings. The van der Waals surface area contributed by atoms with Crippen LogP contribution < -0.4 is 21.3 Å². The second-order valence-corrected chi connectivity index (χ2v) is 19.6. The maximum absolute atomic E-state index is 14.4. The van der Waals surface area contributed by atoms with Gasteiger partial charge in [-0.1, -0.05) is 95.8 Å². The number of aliphatic hydroxyl groups excluding tert-OH is 1. The Morgan fingerprint density at radius 3 is 2.41 bits per heavy atom. The molecule has 69 heavy (non-hydrogen) atoms. The van der Waals surface area contributed by atoms with Gasteiger partial charge < -0.3 is 30.9 Å². The molecule has 6 N–H and O–H groups in total. The molecule has 0 bridgehead atoms. The molecule has 2 aromatic carbocycles. The molecule has 2 amide bonds. The smallest absolute Gasteiger partial charge is 0.246 e. The lowest BCUT2D eigenvalue weighted by Crippen LogP contribution is -2.61. The van der Waals surface area contributed by atoms with Gasteiger partial charge in [-0.25, -0.2) is 14.1 Å². The Balaban J connectivity index is 0.859. The number of halogens is 1. The molecule has 0 radical (unpaired) electrons. The molecule has 1 aliphatic heterocycles. The van der Waals surface area contributed by atoms with Crippen molar-refractivity contribution in [2.24, 2.45) is 5.41 Å². The molecule has 6 aromatic rings. The van der Waals surface area contributed by atoms with E-state index in [2.05, 4.69) is 41.4 Å². The number of likely N-dealkylation sites (N-methyl/N-ethyl adjacent to an activating group) is 1. The molecule has 15 nitrogen and oxygen atoms in total. The van der Waals surface area contributed by atoms with Gasteiger partial charge in [0.15, 0.2) is 0 Å². The van der Waals surface area contributed by atoms with Gasteiger partial charge in [-0.3, -0.25) is 24.4 Å². The van der Waals surface area contributed by atoms with E-state index in [0.29, 0.717) is 32.4 Å². The van der Waals surface area contributed by atoms with E-state index in [1.807, 2.05) is 89.5 Å². The number of rotatable bonds is 23. The van der Waals surface area contributed by atoms with Crippen molar-refractivity contribution >= 4 is 28.8 Å². The molecule has 1 fully saturated rings. The average molecular weight is 944 g/mol. The third-order valence-corrected chi connectivity index (χ3v) is 13.3. The van der Waals surface area contributed by atoms with Gasteiger partial charge in [0.25, 0.3) is 0 Å². The van der Waals surface area contributed by atoms with Crippen molar-refractivity contribution in [1.29, 1.82) is 0 Å². The molecule has 5 heterocycles. The zero-order chi connectivity index (χ0) is 49.1. The van der Waals surface area contributed by atoms with Crippen LogP contribution in [0.15, 0.2) is 97.8 Å². The predicted molar refractivity (Wildman–Crippen MR) is 267 cm³/mol. The van der Waals surface area contributed by atoms with E-state index in [1.54, 1.807) is 47.5 Å². The van der Waals surface area contributed by atoms with E-state index < -0.39 is 23.7 Å². The van der Waals surface area contributed by atoms with E-state index >= 15 is 0 Å². The predicted octanol–water partition coefficient (Wildman–Crippen LogP) is 7.61. The van der Waals surface area contributed by atoms with Gasteiger partial charge in [-0.15, -0.1) is 0 Å². The van der Waals surface area contributed by atoms with Crippen LogP contribution in [0.1, 0.15) is 114 Å². The number of carbonyl (C=O) groups is 3. The van der Waals surface area contributed by atoms with Crippen LogP contribution in [0, 0.1) is 11.2 Å². The van der Waals surface area contributed by atoms with Crippen molar-refractivity contribution in [3.63, 3.8) is 0 Å². The number of aliphatic hydroxyl groups is 1. The second kappa shape index (κ2) is 23.5. The zero-order valence-electron chi connectivity index (χ0n) is 40.9. The Morgan fingerprint density at radius 2 is 1.67 bits per heavy atom. The van der Waals surface area contributed by atoms with Crippen molar-refractivity contribution in [3.8, 4) is 22.3 Å². The second-order valence-electron chi connectivity index (χ2n) is 19.6. The Hall–Kier alpha value is -6.07. The third-order valence-electron chi connectivity index (χ3n) is 13.3. The summed E-state index contributed by atoms with van der Waals surface area (Å²) in [6.07, 6.45) is 17.2. The van der Waals surface area contributed by atoms with Gasteiger partial charge in [0.1, 0.15) is 23.7 Å². The van der Waals surface area contributed by atoms with Crippen LogP contribution in [0.2, 0.25) is 0 Å². The Kier molecular flexibility index (Phi) is 17.3. The number of nitrogens with one attached hydrogen (secondary N) is 5. The van der Waals surface area contributed by atoms with Gasteiger partial charge in [-0.2, -0.15) is 10.2 Å². The van der Waals surface area contributed by atoms with Crippen LogP contribution in [0.5, 0.6) is 0 Å². The summed E-state index contributed by atoms with van der Waals surface area (Å²) < 4.78 is 16.9. The number of nitrogens with zero attached hydrogens (tertiary/aromatic N) is 6. The van der Waals surface area contributed by atoms with Crippen molar-refractivity contribution in [1.82, 2.24) is 55.7 Å². The molecule has 0 aliphatic carbocycles. The normalized spacial score (nSPS) is 17.0. The van der Waals surface area contributed by atoms with E-state index in [1.165, 1.54) is 16.8 Å². The van der Waals surface area contributed by atoms with Gasteiger partial charge in [0.2, 0.25) is 17.7 Å². The lowest BCUT2D eigenvalue weighted by atomic mass is 9.85. The Morgan fingerprint density at radius 1 is 0.913 bits per heavy atom. The highest BCUT2D eigenvalue weighted by Crippen LogP contribution is 2.32.